The summed E-state index contributed by atoms with van der Waals surface area (Å²) in [5.74, 6) is 0. The van der Waals surface area contributed by atoms with Crippen molar-refractivity contribution < 1.29 is 4.84 Å². The topological polar surface area (TPSA) is 34.5 Å². The third-order valence-electron chi connectivity index (χ3n) is 3.60. The van der Waals surface area contributed by atoms with E-state index in [1.807, 2.05) is 42.5 Å². The monoisotopic (exact) mass is 300 g/mol. The Balaban J connectivity index is 1.92. The zero-order valence-corrected chi connectivity index (χ0v) is 12.5. The van der Waals surface area contributed by atoms with Crippen LogP contribution < -0.4 is 0 Å². The number of aromatic nitrogens is 1. The number of halogens is 1. The Labute approximate surface area is 129 Å². The molecule has 0 amide bonds. The zero-order valence-electron chi connectivity index (χ0n) is 11.7. The first kappa shape index (κ1) is 14.1. The first-order valence-electron chi connectivity index (χ1n) is 7.24. The molecule has 21 heavy (non-hydrogen) atoms. The lowest BCUT2D eigenvalue weighted by Crippen LogP contribution is -2.10. The van der Waals surface area contributed by atoms with Gasteiger partial charge in [-0.3, -0.25) is 4.98 Å². The highest BCUT2D eigenvalue weighted by molar-refractivity contribution is 6.31. The van der Waals surface area contributed by atoms with E-state index in [-0.39, 0.29) is 6.10 Å². The lowest BCUT2D eigenvalue weighted by atomic mass is 10.1. The van der Waals surface area contributed by atoms with E-state index in [9.17, 15) is 0 Å². The van der Waals surface area contributed by atoms with E-state index in [2.05, 4.69) is 10.1 Å². The molecule has 1 aliphatic rings. The molecule has 1 saturated carbocycles. The molecule has 108 valence electrons. The summed E-state index contributed by atoms with van der Waals surface area (Å²) in [6.45, 7) is 0. The van der Waals surface area contributed by atoms with Gasteiger partial charge in [0.05, 0.1) is 5.69 Å². The van der Waals surface area contributed by atoms with Crippen LogP contribution in [0, 0.1) is 0 Å². The van der Waals surface area contributed by atoms with Crippen LogP contribution in [0.3, 0.4) is 0 Å². The molecule has 1 heterocycles. The molecule has 0 aliphatic heterocycles. The van der Waals surface area contributed by atoms with E-state index in [1.54, 1.807) is 6.20 Å². The summed E-state index contributed by atoms with van der Waals surface area (Å²) in [5, 5.41) is 5.06. The molecule has 0 spiro atoms. The molecular formula is C17H17ClN2O. The largest absolute Gasteiger partial charge is 0.392 e. The molecule has 1 fully saturated rings. The lowest BCUT2D eigenvalue weighted by molar-refractivity contribution is 0.0647. The van der Waals surface area contributed by atoms with E-state index >= 15 is 0 Å². The minimum absolute atomic E-state index is 0.225. The normalized spacial score (nSPS) is 16.1. The summed E-state index contributed by atoms with van der Waals surface area (Å²) in [6, 6.07) is 13.4. The third kappa shape index (κ3) is 3.61. The summed E-state index contributed by atoms with van der Waals surface area (Å²) in [4.78, 5) is 10.1. The van der Waals surface area contributed by atoms with Gasteiger partial charge in [0.2, 0.25) is 0 Å². The van der Waals surface area contributed by atoms with Gasteiger partial charge in [-0.15, -0.1) is 0 Å². The Hall–Kier alpha value is -1.87. The summed E-state index contributed by atoms with van der Waals surface area (Å²) in [5.41, 5.74) is 2.43. The maximum atomic E-state index is 6.09. The third-order valence-corrected chi connectivity index (χ3v) is 3.84. The van der Waals surface area contributed by atoms with Crippen LogP contribution in [0.4, 0.5) is 0 Å². The lowest BCUT2D eigenvalue weighted by Gasteiger charge is -2.10. The molecule has 4 heteroatoms. The number of oxime groups is 1. The Kier molecular flexibility index (Phi) is 4.51. The van der Waals surface area contributed by atoms with E-state index in [0.29, 0.717) is 5.02 Å². The second kappa shape index (κ2) is 6.72. The summed E-state index contributed by atoms with van der Waals surface area (Å²) >= 11 is 6.09. The molecule has 1 aromatic heterocycles. The quantitative estimate of drug-likeness (QED) is 0.617. The van der Waals surface area contributed by atoms with E-state index in [1.165, 1.54) is 12.8 Å². The Morgan fingerprint density at radius 1 is 1.14 bits per heavy atom. The van der Waals surface area contributed by atoms with Gasteiger partial charge < -0.3 is 4.84 Å². The van der Waals surface area contributed by atoms with Crippen molar-refractivity contribution in [3.8, 4) is 0 Å². The molecule has 1 aromatic carbocycles. The summed E-state index contributed by atoms with van der Waals surface area (Å²) in [7, 11) is 0. The second-order valence-electron chi connectivity index (χ2n) is 5.18. The number of hydrogen-bond donors (Lipinski definition) is 0. The Morgan fingerprint density at radius 3 is 2.71 bits per heavy atom. The van der Waals surface area contributed by atoms with E-state index in [0.717, 1.165) is 29.8 Å². The van der Waals surface area contributed by atoms with Gasteiger partial charge in [-0.05, 0) is 49.9 Å². The number of rotatable bonds is 4. The standard InChI is InChI=1S/C17H17ClN2O/c18-14-7-5-6-13(12-14)17(16-10-3-4-11-19-16)20-21-15-8-1-2-9-15/h3-7,10-12,15H,1-2,8-9H2/b20-17+. The van der Waals surface area contributed by atoms with Gasteiger partial charge in [0.15, 0.2) is 0 Å². The number of benzene rings is 1. The van der Waals surface area contributed by atoms with Crippen molar-refractivity contribution in [3.63, 3.8) is 0 Å². The van der Waals surface area contributed by atoms with Gasteiger partial charge >= 0.3 is 0 Å². The fraction of sp³-hybridized carbons (Fsp3) is 0.294. The van der Waals surface area contributed by atoms with Crippen molar-refractivity contribution in [2.75, 3.05) is 0 Å². The average Bonchev–Trinajstić information content (AvgIpc) is 3.02. The smallest absolute Gasteiger partial charge is 0.135 e. The highest BCUT2D eigenvalue weighted by Crippen LogP contribution is 2.22. The molecule has 0 bridgehead atoms. The fourth-order valence-electron chi connectivity index (χ4n) is 2.51. The van der Waals surface area contributed by atoms with E-state index < -0.39 is 0 Å². The van der Waals surface area contributed by atoms with Gasteiger partial charge in [-0.2, -0.15) is 0 Å². The summed E-state index contributed by atoms with van der Waals surface area (Å²) < 4.78 is 0. The highest BCUT2D eigenvalue weighted by Gasteiger charge is 2.17. The predicted molar refractivity (Wildman–Crippen MR) is 84.7 cm³/mol. The Morgan fingerprint density at radius 2 is 2.00 bits per heavy atom. The van der Waals surface area contributed by atoms with Crippen molar-refractivity contribution in [1.82, 2.24) is 4.98 Å². The van der Waals surface area contributed by atoms with Crippen molar-refractivity contribution in [1.29, 1.82) is 0 Å². The van der Waals surface area contributed by atoms with Gasteiger partial charge in [0.25, 0.3) is 0 Å². The highest BCUT2D eigenvalue weighted by atomic mass is 35.5. The molecule has 2 aromatic rings. The molecule has 0 atom stereocenters. The van der Waals surface area contributed by atoms with Crippen LogP contribution in [-0.2, 0) is 4.84 Å². The first-order valence-corrected chi connectivity index (χ1v) is 7.62. The predicted octanol–water partition coefficient (Wildman–Crippen LogP) is 4.45. The van der Waals surface area contributed by atoms with Gasteiger partial charge in [-0.1, -0.05) is 35.0 Å². The van der Waals surface area contributed by atoms with Gasteiger partial charge in [0, 0.05) is 16.8 Å². The van der Waals surface area contributed by atoms with Crippen LogP contribution in [0.2, 0.25) is 5.02 Å². The molecule has 1 aliphatic carbocycles. The number of hydrogen-bond acceptors (Lipinski definition) is 3. The minimum Gasteiger partial charge on any atom is -0.392 e. The van der Waals surface area contributed by atoms with Crippen molar-refractivity contribution in [2.45, 2.75) is 31.8 Å². The minimum atomic E-state index is 0.225. The molecule has 0 unspecified atom stereocenters. The maximum Gasteiger partial charge on any atom is 0.135 e. The molecule has 0 N–H and O–H groups in total. The zero-order chi connectivity index (χ0) is 14.5. The fourth-order valence-corrected chi connectivity index (χ4v) is 2.70. The van der Waals surface area contributed by atoms with Crippen LogP contribution in [0.5, 0.6) is 0 Å². The second-order valence-corrected chi connectivity index (χ2v) is 5.61. The molecule has 3 nitrogen and oxygen atoms in total. The van der Waals surface area contributed by atoms with Crippen molar-refractivity contribution in [2.24, 2.45) is 5.16 Å². The van der Waals surface area contributed by atoms with Crippen molar-refractivity contribution >= 4 is 17.3 Å². The van der Waals surface area contributed by atoms with Crippen LogP contribution in [0.1, 0.15) is 36.9 Å². The average molecular weight is 301 g/mol. The SMILES string of the molecule is Clc1cccc(/C(=N\OC2CCCC2)c2ccccn2)c1. The van der Waals surface area contributed by atoms with Crippen LogP contribution in [0.25, 0.3) is 0 Å². The van der Waals surface area contributed by atoms with Gasteiger partial charge in [0.1, 0.15) is 11.8 Å². The maximum absolute atomic E-state index is 6.09. The molecule has 3 rings (SSSR count). The van der Waals surface area contributed by atoms with Crippen LogP contribution in [0.15, 0.2) is 53.8 Å². The van der Waals surface area contributed by atoms with Crippen LogP contribution in [-0.4, -0.2) is 16.8 Å². The van der Waals surface area contributed by atoms with Crippen LogP contribution >= 0.6 is 11.6 Å². The molecule has 0 radical (unpaired) electrons. The number of nitrogens with zero attached hydrogens (tertiary/aromatic N) is 2. The first-order chi connectivity index (χ1) is 10.3. The van der Waals surface area contributed by atoms with Crippen molar-refractivity contribution in [3.05, 3.63) is 64.9 Å². The van der Waals surface area contributed by atoms with E-state index in [4.69, 9.17) is 16.4 Å². The summed E-state index contributed by atoms with van der Waals surface area (Å²) in [6.07, 6.45) is 6.57. The number of pyridine rings is 1. The molecular weight excluding hydrogens is 284 g/mol. The van der Waals surface area contributed by atoms with Gasteiger partial charge in [-0.25, -0.2) is 0 Å². The Bertz CT molecular complexity index is 622. The molecule has 0 saturated heterocycles.